The molecule has 0 aromatic carbocycles. The maximum Gasteiger partial charge on any atom is 0.0849 e. The van der Waals surface area contributed by atoms with Gasteiger partial charge in [-0.15, -0.1) is 0 Å². The Balaban J connectivity index is 1.58. The molecule has 0 bridgehead atoms. The molecule has 0 atom stereocenters. The quantitative estimate of drug-likeness (QED) is 0.812. The van der Waals surface area contributed by atoms with Crippen LogP contribution in [0.15, 0.2) is 24.5 Å². The summed E-state index contributed by atoms with van der Waals surface area (Å²) in [6, 6.07) is 5.43. The zero-order valence-corrected chi connectivity index (χ0v) is 13.0. The summed E-state index contributed by atoms with van der Waals surface area (Å²) in [4.78, 5) is 0. The number of aromatic nitrogens is 4. The number of nitrogens with zero attached hydrogens (tertiary/aromatic N) is 4. The molecule has 0 aliphatic heterocycles. The van der Waals surface area contributed by atoms with Crippen molar-refractivity contribution < 1.29 is 0 Å². The average Bonchev–Trinajstić information content (AvgIpc) is 3.04. The lowest BCUT2D eigenvalue weighted by Crippen LogP contribution is -2.16. The van der Waals surface area contributed by atoms with Crippen molar-refractivity contribution in [3.05, 3.63) is 35.9 Å². The molecule has 0 amide bonds. The highest BCUT2D eigenvalue weighted by atomic mass is 15.3. The lowest BCUT2D eigenvalue weighted by atomic mass is 10.2. The first-order chi connectivity index (χ1) is 10.3. The van der Waals surface area contributed by atoms with Crippen LogP contribution in [0.25, 0.3) is 0 Å². The van der Waals surface area contributed by atoms with E-state index < -0.39 is 0 Å². The fourth-order valence-electron chi connectivity index (χ4n) is 2.62. The van der Waals surface area contributed by atoms with Gasteiger partial charge in [-0.05, 0) is 37.8 Å². The lowest BCUT2D eigenvalue weighted by Gasteiger charge is -2.12. The third-order valence-corrected chi connectivity index (χ3v) is 4.15. The third-order valence-electron chi connectivity index (χ3n) is 4.15. The van der Waals surface area contributed by atoms with Gasteiger partial charge in [0.1, 0.15) is 0 Å². The summed E-state index contributed by atoms with van der Waals surface area (Å²) in [5, 5.41) is 12.8. The monoisotopic (exact) mass is 287 g/mol. The fourth-order valence-corrected chi connectivity index (χ4v) is 2.62. The first-order valence-electron chi connectivity index (χ1n) is 8.08. The Morgan fingerprint density at radius 2 is 1.90 bits per heavy atom. The van der Waals surface area contributed by atoms with Gasteiger partial charge < -0.3 is 5.32 Å². The van der Waals surface area contributed by atoms with Gasteiger partial charge in [0.25, 0.3) is 0 Å². The van der Waals surface area contributed by atoms with Gasteiger partial charge in [0, 0.05) is 25.0 Å². The SMILES string of the molecule is CCC(CC)n1ccc(Cn2ccc(CNC3CC3)n2)n1. The Bertz CT molecular complexity index is 563. The minimum atomic E-state index is 0.509. The first-order valence-corrected chi connectivity index (χ1v) is 8.08. The van der Waals surface area contributed by atoms with Gasteiger partial charge in [-0.3, -0.25) is 9.36 Å². The molecule has 114 valence electrons. The molecular weight excluding hydrogens is 262 g/mol. The van der Waals surface area contributed by atoms with Gasteiger partial charge in [0.2, 0.25) is 0 Å². The van der Waals surface area contributed by atoms with E-state index in [-0.39, 0.29) is 0 Å². The van der Waals surface area contributed by atoms with Crippen LogP contribution in [0, 0.1) is 0 Å². The normalized spacial score (nSPS) is 15.0. The zero-order valence-electron chi connectivity index (χ0n) is 13.0. The molecule has 1 aliphatic carbocycles. The smallest absolute Gasteiger partial charge is 0.0849 e. The topological polar surface area (TPSA) is 47.7 Å². The van der Waals surface area contributed by atoms with Gasteiger partial charge in [-0.25, -0.2) is 0 Å². The Morgan fingerprint density at radius 3 is 2.62 bits per heavy atom. The van der Waals surface area contributed by atoms with E-state index in [9.17, 15) is 0 Å². The van der Waals surface area contributed by atoms with Gasteiger partial charge >= 0.3 is 0 Å². The second-order valence-electron chi connectivity index (χ2n) is 5.92. The summed E-state index contributed by atoms with van der Waals surface area (Å²) < 4.78 is 4.07. The van der Waals surface area contributed by atoms with Crippen LogP contribution in [0.3, 0.4) is 0 Å². The van der Waals surface area contributed by atoms with Crippen LogP contribution in [0.2, 0.25) is 0 Å². The number of rotatable bonds is 8. The van der Waals surface area contributed by atoms with Crippen molar-refractivity contribution >= 4 is 0 Å². The maximum atomic E-state index is 4.68. The molecule has 2 aromatic heterocycles. The highest BCUT2D eigenvalue weighted by Crippen LogP contribution is 2.19. The van der Waals surface area contributed by atoms with Gasteiger partial charge in [-0.2, -0.15) is 10.2 Å². The van der Waals surface area contributed by atoms with Gasteiger partial charge in [-0.1, -0.05) is 13.8 Å². The number of nitrogens with one attached hydrogen (secondary N) is 1. The van der Waals surface area contributed by atoms with Crippen molar-refractivity contribution in [2.24, 2.45) is 0 Å². The summed E-state index contributed by atoms with van der Waals surface area (Å²) in [5.74, 6) is 0. The summed E-state index contributed by atoms with van der Waals surface area (Å²) in [5.41, 5.74) is 2.19. The molecule has 1 fully saturated rings. The van der Waals surface area contributed by atoms with Crippen LogP contribution in [0.1, 0.15) is 57.0 Å². The molecule has 2 aromatic rings. The van der Waals surface area contributed by atoms with Crippen LogP contribution in [0.4, 0.5) is 0 Å². The molecule has 5 nitrogen and oxygen atoms in total. The molecule has 1 N–H and O–H groups in total. The van der Waals surface area contributed by atoms with Crippen molar-refractivity contribution in [1.82, 2.24) is 24.9 Å². The van der Waals surface area contributed by atoms with Crippen LogP contribution >= 0.6 is 0 Å². The third kappa shape index (κ3) is 3.73. The molecule has 21 heavy (non-hydrogen) atoms. The van der Waals surface area contributed by atoms with Crippen molar-refractivity contribution in [3.8, 4) is 0 Å². The highest BCUT2D eigenvalue weighted by molar-refractivity contribution is 5.04. The van der Waals surface area contributed by atoms with Crippen LogP contribution in [0.5, 0.6) is 0 Å². The minimum absolute atomic E-state index is 0.509. The predicted molar refractivity (Wildman–Crippen MR) is 83.0 cm³/mol. The fraction of sp³-hybridized carbons (Fsp3) is 0.625. The number of hydrogen-bond donors (Lipinski definition) is 1. The second kappa shape index (κ2) is 6.43. The van der Waals surface area contributed by atoms with Crippen molar-refractivity contribution in [3.63, 3.8) is 0 Å². The first kappa shape index (κ1) is 14.3. The summed E-state index contributed by atoms with van der Waals surface area (Å²) in [6.07, 6.45) is 9.00. The van der Waals surface area contributed by atoms with Crippen LogP contribution in [-0.2, 0) is 13.1 Å². The van der Waals surface area contributed by atoms with Crippen molar-refractivity contribution in [2.45, 2.75) is 64.7 Å². The van der Waals surface area contributed by atoms with E-state index in [1.54, 1.807) is 0 Å². The van der Waals surface area contributed by atoms with Gasteiger partial charge in [0.05, 0.1) is 24.0 Å². The number of hydrogen-bond acceptors (Lipinski definition) is 3. The standard InChI is InChI=1S/C16H25N5/c1-3-16(4-2)21-10-8-15(19-21)12-20-9-7-14(18-20)11-17-13-5-6-13/h7-10,13,16-17H,3-6,11-12H2,1-2H3. The molecule has 0 radical (unpaired) electrons. The summed E-state index contributed by atoms with van der Waals surface area (Å²) in [6.45, 7) is 6.04. The van der Waals surface area contributed by atoms with E-state index in [0.29, 0.717) is 6.04 Å². The molecule has 3 rings (SSSR count). The van der Waals surface area contributed by atoms with Gasteiger partial charge in [0.15, 0.2) is 0 Å². The highest BCUT2D eigenvalue weighted by Gasteiger charge is 2.20. The lowest BCUT2D eigenvalue weighted by molar-refractivity contribution is 0.424. The molecular formula is C16H25N5. The molecule has 1 aliphatic rings. The molecule has 2 heterocycles. The summed E-state index contributed by atoms with van der Waals surface area (Å²) in [7, 11) is 0. The maximum absolute atomic E-state index is 4.68. The minimum Gasteiger partial charge on any atom is -0.308 e. The van der Waals surface area contributed by atoms with E-state index in [0.717, 1.165) is 43.4 Å². The molecule has 0 spiro atoms. The Kier molecular flexibility index (Phi) is 4.39. The molecule has 0 unspecified atom stereocenters. The van der Waals surface area contributed by atoms with E-state index in [2.05, 4.69) is 52.4 Å². The molecule has 0 saturated heterocycles. The molecule has 1 saturated carbocycles. The zero-order chi connectivity index (χ0) is 14.7. The average molecular weight is 287 g/mol. The summed E-state index contributed by atoms with van der Waals surface area (Å²) >= 11 is 0. The Hall–Kier alpha value is -1.62. The van der Waals surface area contributed by atoms with Crippen LogP contribution < -0.4 is 5.32 Å². The van der Waals surface area contributed by atoms with Crippen molar-refractivity contribution in [2.75, 3.05) is 0 Å². The van der Waals surface area contributed by atoms with E-state index in [1.807, 2.05) is 10.9 Å². The van der Waals surface area contributed by atoms with E-state index in [4.69, 9.17) is 0 Å². The largest absolute Gasteiger partial charge is 0.308 e. The predicted octanol–water partition coefficient (Wildman–Crippen LogP) is 2.74. The van der Waals surface area contributed by atoms with Crippen molar-refractivity contribution in [1.29, 1.82) is 0 Å². The second-order valence-corrected chi connectivity index (χ2v) is 5.92. The Morgan fingerprint density at radius 1 is 1.14 bits per heavy atom. The Labute approximate surface area is 126 Å². The van der Waals surface area contributed by atoms with E-state index in [1.165, 1.54) is 12.8 Å². The molecule has 5 heteroatoms. The van der Waals surface area contributed by atoms with Crippen LogP contribution in [-0.4, -0.2) is 25.6 Å². The van der Waals surface area contributed by atoms with E-state index >= 15 is 0 Å².